The van der Waals surface area contributed by atoms with Crippen molar-refractivity contribution in [3.63, 3.8) is 0 Å². The molecule has 0 spiro atoms. The third-order valence-electron chi connectivity index (χ3n) is 5.13. The van der Waals surface area contributed by atoms with Crippen LogP contribution in [0, 0.1) is 11.7 Å². The Balaban J connectivity index is 1.87. The number of likely N-dealkylation sites (tertiary alicyclic amines) is 1. The molecule has 0 saturated carbocycles. The van der Waals surface area contributed by atoms with Crippen LogP contribution in [0.5, 0.6) is 0 Å². The molecule has 144 valence electrons. The number of carboxylic acid groups (broad SMARTS) is 1. The first-order chi connectivity index (χ1) is 13.0. The van der Waals surface area contributed by atoms with Crippen molar-refractivity contribution >= 4 is 11.8 Å². The standard InChI is InChI=1S/C20H25FN4O2/c1-3-14-12-25(2)9-8-16(14)24-19-17(23-18(11-22-19)20(26)27)10-13-4-6-15(21)7-5-13/h4-7,11,14,16H,3,8-10,12H2,1-2H3,(H,22,24)(H,26,27)/t14-,16-/m1/s1. The van der Waals surface area contributed by atoms with E-state index < -0.39 is 5.97 Å². The van der Waals surface area contributed by atoms with Crippen molar-refractivity contribution in [2.75, 3.05) is 25.5 Å². The van der Waals surface area contributed by atoms with E-state index in [2.05, 4.69) is 34.2 Å². The summed E-state index contributed by atoms with van der Waals surface area (Å²) in [5.74, 6) is -0.319. The third-order valence-corrected chi connectivity index (χ3v) is 5.13. The monoisotopic (exact) mass is 372 g/mol. The van der Waals surface area contributed by atoms with Crippen molar-refractivity contribution in [3.05, 3.63) is 53.2 Å². The van der Waals surface area contributed by atoms with Gasteiger partial charge in [-0.25, -0.2) is 19.2 Å². The van der Waals surface area contributed by atoms with Crippen molar-refractivity contribution in [1.29, 1.82) is 0 Å². The van der Waals surface area contributed by atoms with Gasteiger partial charge in [-0.2, -0.15) is 0 Å². The molecule has 1 fully saturated rings. The average Bonchev–Trinajstić information content (AvgIpc) is 2.66. The molecule has 1 saturated heterocycles. The summed E-state index contributed by atoms with van der Waals surface area (Å²) in [6.45, 7) is 4.20. The SMILES string of the molecule is CC[C@@H]1CN(C)CC[C@H]1Nc1ncc(C(=O)O)nc1Cc1ccc(F)cc1. The van der Waals surface area contributed by atoms with Crippen LogP contribution in [0.2, 0.25) is 0 Å². The predicted octanol–water partition coefficient (Wildman–Crippen LogP) is 3.05. The molecule has 27 heavy (non-hydrogen) atoms. The van der Waals surface area contributed by atoms with Crippen molar-refractivity contribution < 1.29 is 14.3 Å². The maximum absolute atomic E-state index is 13.2. The molecule has 3 rings (SSSR count). The number of aromatic carboxylic acids is 1. The number of carbonyl (C=O) groups is 1. The minimum Gasteiger partial charge on any atom is -0.476 e. The first-order valence-corrected chi connectivity index (χ1v) is 9.25. The van der Waals surface area contributed by atoms with Crippen molar-refractivity contribution in [1.82, 2.24) is 14.9 Å². The molecule has 0 unspecified atom stereocenters. The fourth-order valence-electron chi connectivity index (χ4n) is 3.56. The second-order valence-electron chi connectivity index (χ2n) is 7.13. The quantitative estimate of drug-likeness (QED) is 0.811. The van der Waals surface area contributed by atoms with E-state index in [0.29, 0.717) is 23.9 Å². The van der Waals surface area contributed by atoms with Gasteiger partial charge in [0.2, 0.25) is 0 Å². The predicted molar refractivity (Wildman–Crippen MR) is 102 cm³/mol. The molecular formula is C20H25FN4O2. The van der Waals surface area contributed by atoms with Crippen LogP contribution in [-0.2, 0) is 6.42 Å². The van der Waals surface area contributed by atoms with E-state index in [1.807, 2.05) is 0 Å². The summed E-state index contributed by atoms with van der Waals surface area (Å²) in [5, 5.41) is 12.8. The van der Waals surface area contributed by atoms with E-state index in [-0.39, 0.29) is 17.6 Å². The Morgan fingerprint density at radius 2 is 2.11 bits per heavy atom. The first-order valence-electron chi connectivity index (χ1n) is 9.25. The number of hydrogen-bond donors (Lipinski definition) is 2. The molecule has 6 nitrogen and oxygen atoms in total. The molecule has 1 aliphatic rings. The summed E-state index contributed by atoms with van der Waals surface area (Å²) in [6.07, 6.45) is 3.72. The van der Waals surface area contributed by atoms with Crippen LogP contribution in [0.25, 0.3) is 0 Å². The first kappa shape index (κ1) is 19.2. The Kier molecular flexibility index (Phi) is 6.01. The zero-order chi connectivity index (χ0) is 19.4. The van der Waals surface area contributed by atoms with E-state index in [0.717, 1.165) is 31.5 Å². The van der Waals surface area contributed by atoms with Crippen LogP contribution in [0.4, 0.5) is 10.2 Å². The van der Waals surface area contributed by atoms with Gasteiger partial charge in [-0.05, 0) is 43.6 Å². The molecule has 1 aromatic heterocycles. The molecule has 7 heteroatoms. The lowest BCUT2D eigenvalue weighted by molar-refractivity contribution is 0.0689. The molecule has 0 aliphatic carbocycles. The van der Waals surface area contributed by atoms with Crippen molar-refractivity contribution in [2.45, 2.75) is 32.2 Å². The number of rotatable bonds is 6. The zero-order valence-electron chi connectivity index (χ0n) is 15.7. The van der Waals surface area contributed by atoms with Crippen molar-refractivity contribution in [2.24, 2.45) is 5.92 Å². The van der Waals surface area contributed by atoms with Crippen LogP contribution >= 0.6 is 0 Å². The zero-order valence-corrected chi connectivity index (χ0v) is 15.7. The summed E-state index contributed by atoms with van der Waals surface area (Å²) in [7, 11) is 2.13. The van der Waals surface area contributed by atoms with Gasteiger partial charge < -0.3 is 15.3 Å². The normalized spacial score (nSPS) is 20.4. The lowest BCUT2D eigenvalue weighted by Crippen LogP contribution is -2.44. The largest absolute Gasteiger partial charge is 0.476 e. The van der Waals surface area contributed by atoms with Crippen LogP contribution in [0.15, 0.2) is 30.5 Å². The number of halogens is 1. The highest BCUT2D eigenvalue weighted by atomic mass is 19.1. The molecule has 0 radical (unpaired) electrons. The van der Waals surface area contributed by atoms with Crippen molar-refractivity contribution in [3.8, 4) is 0 Å². The highest BCUT2D eigenvalue weighted by Crippen LogP contribution is 2.24. The Morgan fingerprint density at radius 1 is 1.37 bits per heavy atom. The second-order valence-corrected chi connectivity index (χ2v) is 7.13. The molecule has 2 N–H and O–H groups in total. The Bertz CT molecular complexity index is 797. The van der Waals surface area contributed by atoms with E-state index in [1.165, 1.54) is 18.3 Å². The summed E-state index contributed by atoms with van der Waals surface area (Å²) >= 11 is 0. The van der Waals surface area contributed by atoms with Gasteiger partial charge in [0.25, 0.3) is 0 Å². The van der Waals surface area contributed by atoms with Gasteiger partial charge in [0.1, 0.15) is 11.6 Å². The van der Waals surface area contributed by atoms with E-state index in [4.69, 9.17) is 0 Å². The topological polar surface area (TPSA) is 78.4 Å². The van der Waals surface area contributed by atoms with E-state index in [1.54, 1.807) is 12.1 Å². The van der Waals surface area contributed by atoms with Gasteiger partial charge in [0.05, 0.1) is 11.9 Å². The lowest BCUT2D eigenvalue weighted by Gasteiger charge is -2.37. The fraction of sp³-hybridized carbons (Fsp3) is 0.450. The van der Waals surface area contributed by atoms with Gasteiger partial charge in [-0.3, -0.25) is 0 Å². The number of nitrogens with zero attached hydrogens (tertiary/aromatic N) is 3. The number of nitrogens with one attached hydrogen (secondary N) is 1. The number of anilines is 1. The molecule has 2 atom stereocenters. The highest BCUT2D eigenvalue weighted by molar-refractivity contribution is 5.85. The van der Waals surface area contributed by atoms with Gasteiger partial charge in [-0.15, -0.1) is 0 Å². The van der Waals surface area contributed by atoms with E-state index >= 15 is 0 Å². The molecule has 2 heterocycles. The van der Waals surface area contributed by atoms with Crippen LogP contribution in [0.3, 0.4) is 0 Å². The smallest absolute Gasteiger partial charge is 0.356 e. The number of aromatic nitrogens is 2. The Morgan fingerprint density at radius 3 is 2.78 bits per heavy atom. The lowest BCUT2D eigenvalue weighted by atomic mass is 9.90. The molecule has 1 aromatic carbocycles. The Labute approximate surface area is 158 Å². The summed E-state index contributed by atoms with van der Waals surface area (Å²) < 4.78 is 13.2. The number of carboxylic acids is 1. The van der Waals surface area contributed by atoms with Gasteiger partial charge in [-0.1, -0.05) is 25.5 Å². The van der Waals surface area contributed by atoms with Crippen LogP contribution < -0.4 is 5.32 Å². The average molecular weight is 372 g/mol. The number of piperidine rings is 1. The van der Waals surface area contributed by atoms with E-state index in [9.17, 15) is 14.3 Å². The Hall–Kier alpha value is -2.54. The summed E-state index contributed by atoms with van der Waals surface area (Å²) in [4.78, 5) is 22.3. The minimum absolute atomic E-state index is 0.0897. The molecule has 0 bridgehead atoms. The number of benzene rings is 1. The molecule has 1 aliphatic heterocycles. The maximum Gasteiger partial charge on any atom is 0.356 e. The molecular weight excluding hydrogens is 347 g/mol. The van der Waals surface area contributed by atoms with Gasteiger partial charge in [0.15, 0.2) is 5.69 Å². The minimum atomic E-state index is -1.11. The summed E-state index contributed by atoms with van der Waals surface area (Å²) in [6, 6.07) is 6.40. The molecule has 2 aromatic rings. The van der Waals surface area contributed by atoms with Gasteiger partial charge >= 0.3 is 5.97 Å². The summed E-state index contributed by atoms with van der Waals surface area (Å²) in [5.41, 5.74) is 1.33. The van der Waals surface area contributed by atoms with Crippen LogP contribution in [-0.4, -0.2) is 52.1 Å². The number of hydrogen-bond acceptors (Lipinski definition) is 5. The molecule has 0 amide bonds. The second kappa shape index (κ2) is 8.43. The van der Waals surface area contributed by atoms with Crippen LogP contribution in [0.1, 0.15) is 41.5 Å². The highest BCUT2D eigenvalue weighted by Gasteiger charge is 2.27. The maximum atomic E-state index is 13.2. The fourth-order valence-corrected chi connectivity index (χ4v) is 3.56. The van der Waals surface area contributed by atoms with Gasteiger partial charge in [0, 0.05) is 19.0 Å². The third kappa shape index (κ3) is 4.80.